The van der Waals surface area contributed by atoms with Crippen LogP contribution in [0.3, 0.4) is 0 Å². The van der Waals surface area contributed by atoms with Crippen molar-refractivity contribution in [2.75, 3.05) is 66.6 Å². The maximum absolute atomic E-state index is 10.7. The van der Waals surface area contributed by atoms with E-state index in [1.165, 1.54) is 12.8 Å². The van der Waals surface area contributed by atoms with Gasteiger partial charge in [-0.2, -0.15) is 0 Å². The van der Waals surface area contributed by atoms with Crippen molar-refractivity contribution in [2.45, 2.75) is 38.3 Å². The predicted octanol–water partition coefficient (Wildman–Crippen LogP) is 0.583. The van der Waals surface area contributed by atoms with E-state index in [-0.39, 0.29) is 24.0 Å². The lowest BCUT2D eigenvalue weighted by atomic mass is 10.1. The summed E-state index contributed by atoms with van der Waals surface area (Å²) in [6, 6.07) is 0.540. The summed E-state index contributed by atoms with van der Waals surface area (Å²) in [5, 5.41) is 17.4. The SMILES string of the molecule is CCNC(=NCC(C)(O)CN1CCOCC1)NCC(C1CC1)N(C)C.I. The first-order chi connectivity index (χ1) is 11.9. The van der Waals surface area contributed by atoms with E-state index in [1.807, 2.05) is 6.92 Å². The van der Waals surface area contributed by atoms with Crippen LogP contribution in [0.15, 0.2) is 4.99 Å². The number of ether oxygens (including phenoxy) is 1. The summed E-state index contributed by atoms with van der Waals surface area (Å²) in [6.07, 6.45) is 2.65. The third kappa shape index (κ3) is 8.69. The number of morpholine rings is 1. The second-order valence-electron chi connectivity index (χ2n) is 7.83. The van der Waals surface area contributed by atoms with Gasteiger partial charge in [-0.3, -0.25) is 9.89 Å². The Balaban J connectivity index is 0.00000338. The van der Waals surface area contributed by atoms with Crippen LogP contribution in [0.2, 0.25) is 0 Å². The molecule has 0 spiro atoms. The molecule has 2 atom stereocenters. The number of hydrogen-bond donors (Lipinski definition) is 3. The Morgan fingerprint density at radius 1 is 1.31 bits per heavy atom. The van der Waals surface area contributed by atoms with Crippen molar-refractivity contribution in [2.24, 2.45) is 10.9 Å². The molecule has 1 saturated carbocycles. The van der Waals surface area contributed by atoms with E-state index >= 15 is 0 Å². The molecule has 1 heterocycles. The smallest absolute Gasteiger partial charge is 0.191 e. The zero-order valence-electron chi connectivity index (χ0n) is 16.8. The summed E-state index contributed by atoms with van der Waals surface area (Å²) >= 11 is 0. The van der Waals surface area contributed by atoms with E-state index in [2.05, 4.69) is 46.4 Å². The highest BCUT2D eigenvalue weighted by Crippen LogP contribution is 2.34. The van der Waals surface area contributed by atoms with Gasteiger partial charge in [0.15, 0.2) is 5.96 Å². The molecular weight excluding hydrogens is 445 g/mol. The molecule has 0 amide bonds. The van der Waals surface area contributed by atoms with Crippen LogP contribution in [0.25, 0.3) is 0 Å². The molecule has 3 N–H and O–H groups in total. The Kier molecular flexibility index (Phi) is 10.7. The van der Waals surface area contributed by atoms with E-state index in [9.17, 15) is 5.11 Å². The van der Waals surface area contributed by atoms with Crippen LogP contribution in [0.1, 0.15) is 26.7 Å². The quantitative estimate of drug-likeness (QED) is 0.253. The van der Waals surface area contributed by atoms with Crippen molar-refractivity contribution in [3.05, 3.63) is 0 Å². The Bertz CT molecular complexity index is 422. The van der Waals surface area contributed by atoms with E-state index in [4.69, 9.17) is 4.74 Å². The number of nitrogens with one attached hydrogen (secondary N) is 2. The predicted molar refractivity (Wildman–Crippen MR) is 117 cm³/mol. The van der Waals surface area contributed by atoms with Crippen LogP contribution in [0.4, 0.5) is 0 Å². The Morgan fingerprint density at radius 2 is 1.96 bits per heavy atom. The molecule has 2 unspecified atom stereocenters. The molecule has 2 rings (SSSR count). The summed E-state index contributed by atoms with van der Waals surface area (Å²) in [5.74, 6) is 1.59. The molecule has 2 fully saturated rings. The third-order valence-electron chi connectivity index (χ3n) is 4.90. The maximum Gasteiger partial charge on any atom is 0.191 e. The monoisotopic (exact) mass is 483 g/mol. The lowest BCUT2D eigenvalue weighted by Gasteiger charge is -2.33. The summed E-state index contributed by atoms with van der Waals surface area (Å²) < 4.78 is 5.37. The molecule has 1 aliphatic carbocycles. The lowest BCUT2D eigenvalue weighted by molar-refractivity contribution is -0.0180. The van der Waals surface area contributed by atoms with E-state index < -0.39 is 5.60 Å². The molecule has 1 saturated heterocycles. The first-order valence-electron chi connectivity index (χ1n) is 9.62. The van der Waals surface area contributed by atoms with Crippen LogP contribution < -0.4 is 10.6 Å². The van der Waals surface area contributed by atoms with Gasteiger partial charge in [0.05, 0.1) is 25.4 Å². The molecule has 7 nitrogen and oxygen atoms in total. The summed E-state index contributed by atoms with van der Waals surface area (Å²) in [4.78, 5) is 9.17. The second kappa shape index (κ2) is 11.6. The molecule has 0 radical (unpaired) electrons. The van der Waals surface area contributed by atoms with Gasteiger partial charge < -0.3 is 25.4 Å². The van der Waals surface area contributed by atoms with Crippen molar-refractivity contribution in [1.29, 1.82) is 0 Å². The second-order valence-corrected chi connectivity index (χ2v) is 7.83. The van der Waals surface area contributed by atoms with Crippen molar-refractivity contribution in [3.8, 4) is 0 Å². The lowest BCUT2D eigenvalue weighted by Crippen LogP contribution is -2.49. The van der Waals surface area contributed by atoms with Crippen molar-refractivity contribution >= 4 is 29.9 Å². The van der Waals surface area contributed by atoms with Crippen molar-refractivity contribution in [3.63, 3.8) is 0 Å². The molecule has 0 aromatic rings. The van der Waals surface area contributed by atoms with Gasteiger partial charge in [-0.15, -0.1) is 24.0 Å². The molecule has 2 aliphatic rings. The average molecular weight is 483 g/mol. The molecule has 0 bridgehead atoms. The first kappa shape index (κ1) is 23.9. The van der Waals surface area contributed by atoms with Crippen molar-refractivity contribution < 1.29 is 9.84 Å². The fourth-order valence-electron chi connectivity index (χ4n) is 3.34. The van der Waals surface area contributed by atoms with Crippen LogP contribution in [-0.4, -0.2) is 99.1 Å². The van der Waals surface area contributed by atoms with Gasteiger partial charge in [0, 0.05) is 38.8 Å². The minimum Gasteiger partial charge on any atom is -0.387 e. The number of nitrogens with zero attached hydrogens (tertiary/aromatic N) is 3. The number of rotatable bonds is 9. The average Bonchev–Trinajstić information content (AvgIpc) is 3.38. The van der Waals surface area contributed by atoms with E-state index in [0.29, 0.717) is 19.1 Å². The Hall–Kier alpha value is -0.160. The van der Waals surface area contributed by atoms with Gasteiger partial charge in [-0.25, -0.2) is 0 Å². The van der Waals surface area contributed by atoms with Gasteiger partial charge in [0.25, 0.3) is 0 Å². The minimum absolute atomic E-state index is 0. The standard InChI is InChI=1S/C18H37N5O2.HI/c1-5-19-17(20-12-16(22(3)4)15-6-7-15)21-13-18(2,24)14-23-8-10-25-11-9-23;/h15-16,24H,5-14H2,1-4H3,(H2,19,20,21);1H. The maximum atomic E-state index is 10.7. The highest BCUT2D eigenvalue weighted by atomic mass is 127. The van der Waals surface area contributed by atoms with E-state index in [1.54, 1.807) is 0 Å². The number of likely N-dealkylation sites (N-methyl/N-ethyl adjacent to an activating group) is 1. The summed E-state index contributed by atoms with van der Waals surface area (Å²) in [6.45, 7) is 9.89. The molecule has 0 aromatic carbocycles. The van der Waals surface area contributed by atoms with Crippen LogP contribution in [-0.2, 0) is 4.74 Å². The summed E-state index contributed by atoms with van der Waals surface area (Å²) in [5.41, 5.74) is -0.836. The van der Waals surface area contributed by atoms with Crippen LogP contribution >= 0.6 is 24.0 Å². The number of hydrogen-bond acceptors (Lipinski definition) is 5. The topological polar surface area (TPSA) is 72.4 Å². The highest BCUT2D eigenvalue weighted by Gasteiger charge is 2.32. The normalized spacial score (nSPS) is 22.5. The fourth-order valence-corrected chi connectivity index (χ4v) is 3.34. The zero-order chi connectivity index (χ0) is 18.3. The Labute approximate surface area is 175 Å². The largest absolute Gasteiger partial charge is 0.387 e. The van der Waals surface area contributed by atoms with Crippen molar-refractivity contribution in [1.82, 2.24) is 20.4 Å². The fraction of sp³-hybridized carbons (Fsp3) is 0.944. The Morgan fingerprint density at radius 3 is 2.50 bits per heavy atom. The molecule has 8 heteroatoms. The van der Waals surface area contributed by atoms with E-state index in [0.717, 1.165) is 51.3 Å². The van der Waals surface area contributed by atoms with Crippen LogP contribution in [0.5, 0.6) is 0 Å². The van der Waals surface area contributed by atoms with Gasteiger partial charge in [-0.1, -0.05) is 0 Å². The third-order valence-corrected chi connectivity index (χ3v) is 4.90. The molecule has 26 heavy (non-hydrogen) atoms. The number of aliphatic hydroxyl groups is 1. The molecular formula is C18H38IN5O2. The first-order valence-corrected chi connectivity index (χ1v) is 9.62. The van der Waals surface area contributed by atoms with Gasteiger partial charge >= 0.3 is 0 Å². The number of aliphatic imine (C=N–C) groups is 1. The van der Waals surface area contributed by atoms with Gasteiger partial charge in [0.1, 0.15) is 0 Å². The number of halogens is 1. The van der Waals surface area contributed by atoms with Gasteiger partial charge in [0.2, 0.25) is 0 Å². The molecule has 0 aromatic heterocycles. The zero-order valence-corrected chi connectivity index (χ0v) is 19.2. The highest BCUT2D eigenvalue weighted by molar-refractivity contribution is 14.0. The molecule has 1 aliphatic heterocycles. The van der Waals surface area contributed by atoms with Crippen LogP contribution in [0, 0.1) is 5.92 Å². The number of β-amino-alcohol motifs (C(OH)–C–C–N with tert-alkyl or cyclic N) is 1. The van der Waals surface area contributed by atoms with Gasteiger partial charge in [-0.05, 0) is 46.7 Å². The minimum atomic E-state index is -0.836. The molecule has 154 valence electrons. The number of guanidine groups is 1. The summed E-state index contributed by atoms with van der Waals surface area (Å²) in [7, 11) is 4.28.